The zero-order chi connectivity index (χ0) is 20.2. The summed E-state index contributed by atoms with van der Waals surface area (Å²) in [6.07, 6.45) is 4.50. The molecule has 0 N–H and O–H groups in total. The molecule has 0 bridgehead atoms. The lowest BCUT2D eigenvalue weighted by atomic mass is 9.97. The predicted octanol–water partition coefficient (Wildman–Crippen LogP) is 3.11. The number of nitrogens with zero attached hydrogens (tertiary/aromatic N) is 5. The Balaban J connectivity index is 1.95. The van der Waals surface area contributed by atoms with Crippen molar-refractivity contribution < 1.29 is 14.5 Å². The van der Waals surface area contributed by atoms with Gasteiger partial charge in [0.25, 0.3) is 0 Å². The molecule has 1 atom stereocenters. The molecule has 0 spiro atoms. The number of carbonyl (C=O) groups excluding carboxylic acids is 1. The number of rotatable bonds is 6. The molecule has 1 aromatic rings. The maximum absolute atomic E-state index is 12.5. The Morgan fingerprint density at radius 1 is 1.48 bits per heavy atom. The minimum Gasteiger partial charge on any atom is -0.444 e. The number of nitro groups is 1. The molecule has 9 nitrogen and oxygen atoms in total. The summed E-state index contributed by atoms with van der Waals surface area (Å²) in [5.74, 6) is 0.333. The first kappa shape index (κ1) is 21.1. The molecule has 2 heterocycles. The third kappa shape index (κ3) is 6.50. The van der Waals surface area contributed by atoms with Gasteiger partial charge in [-0.1, -0.05) is 0 Å². The minimum atomic E-state index is -0.516. The maximum atomic E-state index is 12.5. The molecule has 0 saturated carbocycles. The van der Waals surface area contributed by atoms with Crippen molar-refractivity contribution in [2.75, 3.05) is 19.6 Å². The maximum Gasteiger partial charge on any atom is 0.410 e. The summed E-state index contributed by atoms with van der Waals surface area (Å²) >= 11 is 0. The van der Waals surface area contributed by atoms with Gasteiger partial charge >= 0.3 is 11.8 Å². The van der Waals surface area contributed by atoms with Crippen LogP contribution < -0.4 is 0 Å². The Hall–Kier alpha value is -2.16. The number of hydrogen-bond donors (Lipinski definition) is 0. The second kappa shape index (κ2) is 8.69. The topological polar surface area (TPSA) is 93.7 Å². The number of hydrogen-bond acceptors (Lipinski definition) is 6. The van der Waals surface area contributed by atoms with E-state index < -0.39 is 10.5 Å². The van der Waals surface area contributed by atoms with Crippen LogP contribution in [-0.2, 0) is 11.4 Å². The van der Waals surface area contributed by atoms with Gasteiger partial charge in [0.15, 0.2) is 0 Å². The lowest BCUT2D eigenvalue weighted by Crippen LogP contribution is -2.47. The highest BCUT2D eigenvalue weighted by Gasteiger charge is 2.29. The summed E-state index contributed by atoms with van der Waals surface area (Å²) in [6, 6.07) is 0.0593. The molecule has 1 aromatic heterocycles. The third-order valence-corrected chi connectivity index (χ3v) is 4.48. The molecule has 1 fully saturated rings. The Kier molecular flexibility index (Phi) is 6.80. The van der Waals surface area contributed by atoms with Crippen molar-refractivity contribution in [2.24, 2.45) is 5.92 Å². The Labute approximate surface area is 160 Å². The van der Waals surface area contributed by atoms with Crippen molar-refractivity contribution in [3.05, 3.63) is 22.5 Å². The Morgan fingerprint density at radius 2 is 2.19 bits per heavy atom. The van der Waals surface area contributed by atoms with Crippen LogP contribution in [0.15, 0.2) is 12.4 Å². The van der Waals surface area contributed by atoms with E-state index in [-0.39, 0.29) is 17.8 Å². The van der Waals surface area contributed by atoms with E-state index in [1.807, 2.05) is 34.6 Å². The van der Waals surface area contributed by atoms with Crippen LogP contribution in [0.4, 0.5) is 10.5 Å². The first-order valence-corrected chi connectivity index (χ1v) is 9.44. The van der Waals surface area contributed by atoms with Gasteiger partial charge in [-0.15, -0.1) is 0 Å². The van der Waals surface area contributed by atoms with E-state index in [9.17, 15) is 14.9 Å². The molecule has 1 amide bonds. The fourth-order valence-electron chi connectivity index (χ4n) is 3.25. The molecule has 0 aliphatic carbocycles. The summed E-state index contributed by atoms with van der Waals surface area (Å²) in [4.78, 5) is 26.9. The van der Waals surface area contributed by atoms with Crippen molar-refractivity contribution >= 4 is 11.8 Å². The van der Waals surface area contributed by atoms with Gasteiger partial charge in [0.1, 0.15) is 18.0 Å². The van der Waals surface area contributed by atoms with Crippen LogP contribution in [0.5, 0.6) is 0 Å². The number of likely N-dealkylation sites (tertiary alicyclic amines) is 1. The molecular formula is C18H31N5O4. The van der Waals surface area contributed by atoms with Gasteiger partial charge in [-0.25, -0.2) is 4.79 Å². The van der Waals surface area contributed by atoms with E-state index in [1.54, 1.807) is 9.58 Å². The number of carbonyl (C=O) groups is 1. The fraction of sp³-hybridized carbons (Fsp3) is 0.778. The first-order chi connectivity index (χ1) is 12.5. The van der Waals surface area contributed by atoms with Crippen molar-refractivity contribution in [3.63, 3.8) is 0 Å². The van der Waals surface area contributed by atoms with E-state index in [4.69, 9.17) is 4.74 Å². The molecule has 2 rings (SSSR count). The zero-order valence-electron chi connectivity index (χ0n) is 16.9. The van der Waals surface area contributed by atoms with E-state index in [0.29, 0.717) is 19.1 Å². The van der Waals surface area contributed by atoms with Crippen LogP contribution in [0.25, 0.3) is 0 Å². The summed E-state index contributed by atoms with van der Waals surface area (Å²) < 4.78 is 7.14. The van der Waals surface area contributed by atoms with Gasteiger partial charge in [-0.05, 0) is 59.9 Å². The van der Waals surface area contributed by atoms with Gasteiger partial charge in [0, 0.05) is 19.1 Å². The highest BCUT2D eigenvalue weighted by molar-refractivity contribution is 5.68. The van der Waals surface area contributed by atoms with Gasteiger partial charge < -0.3 is 9.64 Å². The SMILES string of the molecule is CC(C)N(CC1CCCN(Cn2cc([N+](=O)[O-])cn2)C1)C(=O)OC(C)(C)C. The molecule has 0 radical (unpaired) electrons. The third-order valence-electron chi connectivity index (χ3n) is 4.48. The van der Waals surface area contributed by atoms with Crippen molar-refractivity contribution in [3.8, 4) is 0 Å². The van der Waals surface area contributed by atoms with Crippen LogP contribution in [-0.4, -0.2) is 61.9 Å². The largest absolute Gasteiger partial charge is 0.444 e. The van der Waals surface area contributed by atoms with Crippen LogP contribution in [0, 0.1) is 16.0 Å². The molecule has 1 saturated heterocycles. The standard InChI is InChI=1S/C18H31N5O4/c1-14(2)22(17(24)27-18(3,4)5)11-15-7-6-8-20(10-15)13-21-12-16(9-19-21)23(25)26/h9,12,14-15H,6-8,10-11,13H2,1-5H3. The average Bonchev–Trinajstić information content (AvgIpc) is 2.99. The van der Waals surface area contributed by atoms with Gasteiger partial charge in [-0.3, -0.25) is 19.7 Å². The fourth-order valence-corrected chi connectivity index (χ4v) is 3.25. The molecule has 0 aromatic carbocycles. The summed E-state index contributed by atoms with van der Waals surface area (Å²) in [5, 5.41) is 14.9. The number of aromatic nitrogens is 2. The van der Waals surface area contributed by atoms with Crippen LogP contribution >= 0.6 is 0 Å². The molecule has 1 aliphatic rings. The van der Waals surface area contributed by atoms with E-state index in [1.165, 1.54) is 12.4 Å². The molecule has 9 heteroatoms. The normalized spacial score (nSPS) is 18.5. The highest BCUT2D eigenvalue weighted by atomic mass is 16.6. The Morgan fingerprint density at radius 3 is 2.74 bits per heavy atom. The highest BCUT2D eigenvalue weighted by Crippen LogP contribution is 2.21. The molecule has 1 unspecified atom stereocenters. The van der Waals surface area contributed by atoms with Crippen LogP contribution in [0.2, 0.25) is 0 Å². The number of amides is 1. The molecule has 152 valence electrons. The van der Waals surface area contributed by atoms with Crippen molar-refractivity contribution in [1.82, 2.24) is 19.6 Å². The molecule has 27 heavy (non-hydrogen) atoms. The second-order valence-electron chi connectivity index (χ2n) is 8.45. The van der Waals surface area contributed by atoms with Gasteiger partial charge in [0.2, 0.25) is 0 Å². The van der Waals surface area contributed by atoms with Crippen molar-refractivity contribution in [1.29, 1.82) is 0 Å². The lowest BCUT2D eigenvalue weighted by molar-refractivity contribution is -0.385. The first-order valence-electron chi connectivity index (χ1n) is 9.44. The lowest BCUT2D eigenvalue weighted by Gasteiger charge is -2.37. The minimum absolute atomic E-state index is 0.000493. The van der Waals surface area contributed by atoms with Crippen molar-refractivity contribution in [2.45, 2.75) is 65.8 Å². The number of piperidine rings is 1. The van der Waals surface area contributed by atoms with E-state index in [0.717, 1.165) is 25.9 Å². The van der Waals surface area contributed by atoms with Gasteiger partial charge in [0.05, 0.1) is 11.6 Å². The quantitative estimate of drug-likeness (QED) is 0.555. The van der Waals surface area contributed by atoms with Crippen LogP contribution in [0.3, 0.4) is 0 Å². The summed E-state index contributed by atoms with van der Waals surface area (Å²) in [5.41, 5.74) is -0.517. The average molecular weight is 381 g/mol. The predicted molar refractivity (Wildman–Crippen MR) is 101 cm³/mol. The zero-order valence-corrected chi connectivity index (χ0v) is 16.9. The monoisotopic (exact) mass is 381 g/mol. The second-order valence-corrected chi connectivity index (χ2v) is 8.45. The summed E-state index contributed by atoms with van der Waals surface area (Å²) in [6.45, 7) is 12.5. The summed E-state index contributed by atoms with van der Waals surface area (Å²) in [7, 11) is 0. The molecule has 1 aliphatic heterocycles. The van der Waals surface area contributed by atoms with E-state index in [2.05, 4.69) is 10.00 Å². The van der Waals surface area contributed by atoms with E-state index >= 15 is 0 Å². The van der Waals surface area contributed by atoms with Crippen LogP contribution in [0.1, 0.15) is 47.5 Å². The smallest absolute Gasteiger partial charge is 0.410 e. The number of ether oxygens (including phenoxy) is 1. The van der Waals surface area contributed by atoms with Gasteiger partial charge in [-0.2, -0.15) is 5.10 Å². The molecular weight excluding hydrogens is 350 g/mol. The Bertz CT molecular complexity index is 652.